The van der Waals surface area contributed by atoms with Crippen molar-refractivity contribution in [2.24, 2.45) is 0 Å². The lowest BCUT2D eigenvalue weighted by atomic mass is 10.2. The van der Waals surface area contributed by atoms with Gasteiger partial charge in [-0.15, -0.1) is 0 Å². The standard InChI is InChI=1S/C18H22N4O2/c1-13-11-22(12-14(2)24-13)17-7-6-15(9-20-17)10-21-18(23)16-5-3-4-8-19-16/h3-9,13-14H,10-12H2,1-2H3,(H,21,23)/t13-,14-/m1/s1. The van der Waals surface area contributed by atoms with Crippen molar-refractivity contribution in [2.45, 2.75) is 32.6 Å². The summed E-state index contributed by atoms with van der Waals surface area (Å²) in [6.07, 6.45) is 3.81. The van der Waals surface area contributed by atoms with Gasteiger partial charge in [0.25, 0.3) is 5.91 Å². The molecule has 0 aromatic carbocycles. The molecule has 126 valence electrons. The third-order valence-corrected chi connectivity index (χ3v) is 3.90. The lowest BCUT2D eigenvalue weighted by Crippen LogP contribution is -2.45. The van der Waals surface area contributed by atoms with Gasteiger partial charge in [0.2, 0.25) is 0 Å². The first-order valence-corrected chi connectivity index (χ1v) is 8.16. The van der Waals surface area contributed by atoms with Gasteiger partial charge in [-0.1, -0.05) is 12.1 Å². The number of rotatable bonds is 4. The second-order valence-electron chi connectivity index (χ2n) is 6.08. The van der Waals surface area contributed by atoms with Gasteiger partial charge in [-0.05, 0) is 37.6 Å². The molecule has 1 saturated heterocycles. The highest BCUT2D eigenvalue weighted by Crippen LogP contribution is 2.18. The van der Waals surface area contributed by atoms with Crippen LogP contribution in [0.25, 0.3) is 0 Å². The summed E-state index contributed by atoms with van der Waals surface area (Å²) >= 11 is 0. The van der Waals surface area contributed by atoms with Gasteiger partial charge in [0.05, 0.1) is 12.2 Å². The molecular formula is C18H22N4O2. The van der Waals surface area contributed by atoms with Gasteiger partial charge in [0.1, 0.15) is 11.5 Å². The molecule has 1 amide bonds. The molecule has 1 aliphatic heterocycles. The Hall–Kier alpha value is -2.47. The SMILES string of the molecule is C[C@@H]1CN(c2ccc(CNC(=O)c3ccccn3)cn2)C[C@@H](C)O1. The number of hydrogen-bond acceptors (Lipinski definition) is 5. The maximum absolute atomic E-state index is 12.0. The summed E-state index contributed by atoms with van der Waals surface area (Å²) in [6, 6.07) is 9.26. The summed E-state index contributed by atoms with van der Waals surface area (Å²) in [5, 5.41) is 2.85. The van der Waals surface area contributed by atoms with Gasteiger partial charge >= 0.3 is 0 Å². The number of ether oxygens (including phenoxy) is 1. The molecule has 6 heteroatoms. The maximum atomic E-state index is 12.0. The molecule has 3 rings (SSSR count). The average Bonchev–Trinajstić information content (AvgIpc) is 2.60. The number of carbonyl (C=O) groups excluding carboxylic acids is 1. The van der Waals surface area contributed by atoms with Crippen molar-refractivity contribution >= 4 is 11.7 Å². The summed E-state index contributed by atoms with van der Waals surface area (Å²) in [7, 11) is 0. The number of amides is 1. The van der Waals surface area contributed by atoms with Crippen LogP contribution in [0, 0.1) is 0 Å². The summed E-state index contributed by atoms with van der Waals surface area (Å²) in [5.74, 6) is 0.757. The first-order valence-electron chi connectivity index (χ1n) is 8.16. The van der Waals surface area contributed by atoms with Crippen molar-refractivity contribution in [2.75, 3.05) is 18.0 Å². The van der Waals surface area contributed by atoms with Crippen molar-refractivity contribution in [3.05, 3.63) is 54.0 Å². The Morgan fingerprint density at radius 2 is 2.00 bits per heavy atom. The van der Waals surface area contributed by atoms with Gasteiger partial charge in [0.15, 0.2) is 0 Å². The Labute approximate surface area is 141 Å². The summed E-state index contributed by atoms with van der Waals surface area (Å²) in [4.78, 5) is 22.8. The van der Waals surface area contributed by atoms with Crippen molar-refractivity contribution < 1.29 is 9.53 Å². The van der Waals surface area contributed by atoms with E-state index in [9.17, 15) is 4.79 Å². The Balaban J connectivity index is 1.58. The Bertz CT molecular complexity index is 665. The second-order valence-corrected chi connectivity index (χ2v) is 6.08. The lowest BCUT2D eigenvalue weighted by molar-refractivity contribution is -0.00546. The molecule has 1 fully saturated rings. The van der Waals surface area contributed by atoms with Gasteiger partial charge in [0, 0.05) is 32.0 Å². The Kier molecular flexibility index (Phi) is 5.05. The Morgan fingerprint density at radius 1 is 1.21 bits per heavy atom. The van der Waals surface area contributed by atoms with Crippen molar-refractivity contribution in [3.8, 4) is 0 Å². The molecule has 0 spiro atoms. The van der Waals surface area contributed by atoms with Gasteiger partial charge in [-0.3, -0.25) is 9.78 Å². The molecule has 6 nitrogen and oxygen atoms in total. The molecule has 2 atom stereocenters. The van der Waals surface area contributed by atoms with E-state index in [2.05, 4.69) is 34.0 Å². The van der Waals surface area contributed by atoms with E-state index in [1.54, 1.807) is 30.6 Å². The minimum absolute atomic E-state index is 0.185. The molecule has 3 heterocycles. The fraction of sp³-hybridized carbons (Fsp3) is 0.389. The number of anilines is 1. The van der Waals surface area contributed by atoms with Crippen LogP contribution in [0.15, 0.2) is 42.7 Å². The minimum atomic E-state index is -0.185. The first kappa shape index (κ1) is 16.4. The molecule has 2 aromatic rings. The molecule has 0 radical (unpaired) electrons. The van der Waals surface area contributed by atoms with Crippen LogP contribution in [0.2, 0.25) is 0 Å². The zero-order valence-electron chi connectivity index (χ0n) is 14.0. The molecule has 2 aromatic heterocycles. The van der Waals surface area contributed by atoms with Crippen LogP contribution in [0.4, 0.5) is 5.82 Å². The molecule has 1 aliphatic rings. The van der Waals surface area contributed by atoms with E-state index in [1.165, 1.54) is 0 Å². The van der Waals surface area contributed by atoms with Crippen LogP contribution in [-0.4, -0.2) is 41.2 Å². The zero-order valence-corrected chi connectivity index (χ0v) is 14.0. The van der Waals surface area contributed by atoms with E-state index < -0.39 is 0 Å². The van der Waals surface area contributed by atoms with E-state index in [0.717, 1.165) is 24.5 Å². The van der Waals surface area contributed by atoms with Crippen LogP contribution < -0.4 is 10.2 Å². The smallest absolute Gasteiger partial charge is 0.270 e. The number of aromatic nitrogens is 2. The van der Waals surface area contributed by atoms with Crippen LogP contribution in [0.3, 0.4) is 0 Å². The molecule has 0 aliphatic carbocycles. The summed E-state index contributed by atoms with van der Waals surface area (Å²) < 4.78 is 5.75. The van der Waals surface area contributed by atoms with Crippen molar-refractivity contribution in [3.63, 3.8) is 0 Å². The average molecular weight is 326 g/mol. The number of nitrogens with zero attached hydrogens (tertiary/aromatic N) is 3. The molecular weight excluding hydrogens is 304 g/mol. The highest BCUT2D eigenvalue weighted by atomic mass is 16.5. The van der Waals surface area contributed by atoms with E-state index >= 15 is 0 Å². The minimum Gasteiger partial charge on any atom is -0.372 e. The van der Waals surface area contributed by atoms with Crippen LogP contribution in [-0.2, 0) is 11.3 Å². The number of hydrogen-bond donors (Lipinski definition) is 1. The molecule has 0 unspecified atom stereocenters. The van der Waals surface area contributed by atoms with Crippen LogP contribution >= 0.6 is 0 Å². The van der Waals surface area contributed by atoms with E-state index in [0.29, 0.717) is 12.2 Å². The fourth-order valence-electron chi connectivity index (χ4n) is 2.84. The molecule has 1 N–H and O–H groups in total. The number of pyridine rings is 2. The highest BCUT2D eigenvalue weighted by Gasteiger charge is 2.22. The summed E-state index contributed by atoms with van der Waals surface area (Å²) in [6.45, 7) is 6.26. The van der Waals surface area contributed by atoms with E-state index in [4.69, 9.17) is 4.74 Å². The highest BCUT2D eigenvalue weighted by molar-refractivity contribution is 5.92. The number of carbonyl (C=O) groups is 1. The van der Waals surface area contributed by atoms with Gasteiger partial charge < -0.3 is 15.0 Å². The third-order valence-electron chi connectivity index (χ3n) is 3.90. The van der Waals surface area contributed by atoms with Crippen LogP contribution in [0.5, 0.6) is 0 Å². The normalized spacial score (nSPS) is 20.7. The van der Waals surface area contributed by atoms with Gasteiger partial charge in [-0.25, -0.2) is 4.98 Å². The molecule has 0 bridgehead atoms. The monoisotopic (exact) mass is 326 g/mol. The van der Waals surface area contributed by atoms with Crippen molar-refractivity contribution in [1.82, 2.24) is 15.3 Å². The second kappa shape index (κ2) is 7.40. The number of nitrogens with one attached hydrogen (secondary N) is 1. The maximum Gasteiger partial charge on any atom is 0.270 e. The van der Waals surface area contributed by atoms with E-state index in [1.807, 2.05) is 12.1 Å². The van der Waals surface area contributed by atoms with Gasteiger partial charge in [-0.2, -0.15) is 0 Å². The Morgan fingerprint density at radius 3 is 2.62 bits per heavy atom. The first-order chi connectivity index (χ1) is 11.6. The van der Waals surface area contributed by atoms with E-state index in [-0.39, 0.29) is 18.1 Å². The molecule has 24 heavy (non-hydrogen) atoms. The number of morpholine rings is 1. The topological polar surface area (TPSA) is 67.4 Å². The largest absolute Gasteiger partial charge is 0.372 e. The fourth-order valence-corrected chi connectivity index (χ4v) is 2.84. The molecule has 0 saturated carbocycles. The predicted octanol–water partition coefficient (Wildman–Crippen LogP) is 2.02. The quantitative estimate of drug-likeness (QED) is 0.931. The summed E-state index contributed by atoms with van der Waals surface area (Å²) in [5.41, 5.74) is 1.37. The third kappa shape index (κ3) is 4.08. The zero-order chi connectivity index (χ0) is 16.9. The lowest BCUT2D eigenvalue weighted by Gasteiger charge is -2.36. The van der Waals surface area contributed by atoms with Crippen LogP contribution in [0.1, 0.15) is 29.9 Å². The predicted molar refractivity (Wildman–Crippen MR) is 91.9 cm³/mol. The van der Waals surface area contributed by atoms with Crippen molar-refractivity contribution in [1.29, 1.82) is 0 Å².